The first-order valence-corrected chi connectivity index (χ1v) is 9.94. The molecule has 0 spiro atoms. The van der Waals surface area contributed by atoms with E-state index in [0.717, 1.165) is 6.42 Å². The monoisotopic (exact) mass is 398 g/mol. The number of amides is 1. The minimum atomic E-state index is -0.917. The van der Waals surface area contributed by atoms with Gasteiger partial charge in [-0.15, -0.1) is 0 Å². The Morgan fingerprint density at radius 1 is 1.28 bits per heavy atom. The molecule has 1 N–H and O–H groups in total. The largest absolute Gasteiger partial charge is 0.481 e. The van der Waals surface area contributed by atoms with Gasteiger partial charge in [0, 0.05) is 31.4 Å². The number of furan rings is 1. The molecule has 29 heavy (non-hydrogen) atoms. The molecule has 1 aromatic heterocycles. The van der Waals surface area contributed by atoms with E-state index in [9.17, 15) is 14.7 Å². The predicted octanol–water partition coefficient (Wildman–Crippen LogP) is 2.94. The fraction of sp³-hybridized carbons (Fsp3) is 0.455. The molecule has 0 radical (unpaired) electrons. The summed E-state index contributed by atoms with van der Waals surface area (Å²) in [5, 5.41) is 9.23. The number of carbonyl (C=O) groups is 2. The molecule has 0 bridgehead atoms. The third-order valence-electron chi connectivity index (χ3n) is 6.02. The number of rotatable bonds is 6. The number of benzene rings is 1. The quantitative estimate of drug-likeness (QED) is 0.806. The van der Waals surface area contributed by atoms with E-state index in [2.05, 4.69) is 24.0 Å². The van der Waals surface area contributed by atoms with Crippen LogP contribution in [0.5, 0.6) is 0 Å². The molecular formula is C22H26N2O5. The number of para-hydroxylation sites is 1. The molecule has 2 aromatic rings. The van der Waals surface area contributed by atoms with Crippen molar-refractivity contribution in [1.82, 2.24) is 4.90 Å². The van der Waals surface area contributed by atoms with Gasteiger partial charge in [-0.05, 0) is 37.5 Å². The lowest BCUT2D eigenvalue weighted by molar-refractivity contribution is -0.137. The van der Waals surface area contributed by atoms with Crippen molar-refractivity contribution in [2.75, 3.05) is 18.6 Å². The number of hydrogen-bond donors (Lipinski definition) is 1. The maximum absolute atomic E-state index is 13.3. The van der Waals surface area contributed by atoms with Crippen molar-refractivity contribution in [2.45, 2.75) is 50.9 Å². The van der Waals surface area contributed by atoms with Gasteiger partial charge in [0.1, 0.15) is 5.76 Å². The van der Waals surface area contributed by atoms with E-state index in [1.54, 1.807) is 18.1 Å². The summed E-state index contributed by atoms with van der Waals surface area (Å²) >= 11 is 0. The molecule has 0 saturated carbocycles. The van der Waals surface area contributed by atoms with E-state index in [1.165, 1.54) is 17.5 Å². The minimum absolute atomic E-state index is 0.0880. The first-order chi connectivity index (χ1) is 14.0. The van der Waals surface area contributed by atoms with Crippen molar-refractivity contribution in [3.8, 4) is 0 Å². The summed E-state index contributed by atoms with van der Waals surface area (Å²) in [6.45, 7) is 3.05. The van der Waals surface area contributed by atoms with E-state index in [-0.39, 0.29) is 24.5 Å². The minimum Gasteiger partial charge on any atom is -0.481 e. The molecule has 1 amide bonds. The second kappa shape index (κ2) is 7.91. The van der Waals surface area contributed by atoms with E-state index < -0.39 is 5.97 Å². The zero-order valence-corrected chi connectivity index (χ0v) is 16.7. The molecule has 4 rings (SSSR count). The number of anilines is 1. The van der Waals surface area contributed by atoms with Gasteiger partial charge >= 0.3 is 5.97 Å². The van der Waals surface area contributed by atoms with Crippen LogP contribution in [0.15, 0.2) is 41.0 Å². The van der Waals surface area contributed by atoms with Crippen LogP contribution in [-0.2, 0) is 22.5 Å². The van der Waals surface area contributed by atoms with Gasteiger partial charge in [-0.1, -0.05) is 18.2 Å². The van der Waals surface area contributed by atoms with Crippen LogP contribution in [0.25, 0.3) is 0 Å². The summed E-state index contributed by atoms with van der Waals surface area (Å²) in [5.41, 5.74) is 2.95. The molecule has 2 aliphatic rings. The second-order valence-corrected chi connectivity index (χ2v) is 7.87. The molecular weight excluding hydrogens is 372 g/mol. The third-order valence-corrected chi connectivity index (χ3v) is 6.02. The maximum Gasteiger partial charge on any atom is 0.305 e. The van der Waals surface area contributed by atoms with E-state index >= 15 is 0 Å². The van der Waals surface area contributed by atoms with Crippen molar-refractivity contribution in [1.29, 1.82) is 0 Å². The highest BCUT2D eigenvalue weighted by Crippen LogP contribution is 2.34. The molecule has 3 unspecified atom stereocenters. The van der Waals surface area contributed by atoms with Gasteiger partial charge in [-0.25, -0.2) is 0 Å². The Balaban J connectivity index is 1.56. The highest BCUT2D eigenvalue weighted by atomic mass is 16.5. The van der Waals surface area contributed by atoms with Gasteiger partial charge in [-0.2, -0.15) is 0 Å². The lowest BCUT2D eigenvalue weighted by Gasteiger charge is -2.26. The van der Waals surface area contributed by atoms with Gasteiger partial charge in [0.15, 0.2) is 0 Å². The van der Waals surface area contributed by atoms with Crippen molar-refractivity contribution in [2.24, 2.45) is 0 Å². The van der Waals surface area contributed by atoms with E-state index in [4.69, 9.17) is 9.15 Å². The number of carboxylic acid groups (broad SMARTS) is 1. The number of aliphatic carboxylic acids is 1. The number of likely N-dealkylation sites (tertiary alicyclic amines) is 1. The molecule has 7 heteroatoms. The Labute approximate surface area is 169 Å². The Kier molecular flexibility index (Phi) is 5.32. The summed E-state index contributed by atoms with van der Waals surface area (Å²) in [4.78, 5) is 28.4. The van der Waals surface area contributed by atoms with Gasteiger partial charge in [0.25, 0.3) is 5.91 Å². The van der Waals surface area contributed by atoms with Gasteiger partial charge in [-0.3, -0.25) is 9.59 Å². The summed E-state index contributed by atoms with van der Waals surface area (Å²) in [6.07, 6.45) is 2.78. The predicted molar refractivity (Wildman–Crippen MR) is 107 cm³/mol. The van der Waals surface area contributed by atoms with Crippen LogP contribution in [0.1, 0.15) is 41.4 Å². The van der Waals surface area contributed by atoms with Gasteiger partial charge in [0.2, 0.25) is 0 Å². The van der Waals surface area contributed by atoms with Crippen LogP contribution in [0.3, 0.4) is 0 Å². The first-order valence-electron chi connectivity index (χ1n) is 9.94. The highest BCUT2D eigenvalue weighted by Gasteiger charge is 2.38. The van der Waals surface area contributed by atoms with Crippen molar-refractivity contribution >= 4 is 17.6 Å². The number of nitrogens with zero attached hydrogens (tertiary/aromatic N) is 2. The van der Waals surface area contributed by atoms with Crippen molar-refractivity contribution in [3.05, 3.63) is 53.5 Å². The van der Waals surface area contributed by atoms with Crippen LogP contribution >= 0.6 is 0 Å². The lowest BCUT2D eigenvalue weighted by Crippen LogP contribution is -2.38. The number of carbonyl (C=O) groups excluding carboxylic acids is 1. The topological polar surface area (TPSA) is 83.2 Å². The summed E-state index contributed by atoms with van der Waals surface area (Å²) < 4.78 is 11.1. The van der Waals surface area contributed by atoms with Gasteiger partial charge in [0.05, 0.1) is 30.9 Å². The zero-order chi connectivity index (χ0) is 20.5. The molecule has 1 fully saturated rings. The van der Waals surface area contributed by atoms with Crippen molar-refractivity contribution < 1.29 is 23.8 Å². The lowest BCUT2D eigenvalue weighted by atomic mass is 10.1. The molecule has 0 aliphatic carbocycles. The molecule has 3 heterocycles. The summed E-state index contributed by atoms with van der Waals surface area (Å²) in [6, 6.07) is 9.90. The fourth-order valence-electron chi connectivity index (χ4n) is 4.52. The Morgan fingerprint density at radius 3 is 2.83 bits per heavy atom. The second-order valence-electron chi connectivity index (χ2n) is 7.87. The van der Waals surface area contributed by atoms with E-state index in [1.807, 2.05) is 12.1 Å². The summed E-state index contributed by atoms with van der Waals surface area (Å²) in [5.74, 6) is -0.507. The molecule has 1 saturated heterocycles. The molecule has 1 aromatic carbocycles. The Morgan fingerprint density at radius 2 is 2.07 bits per heavy atom. The van der Waals surface area contributed by atoms with Crippen LogP contribution in [0.2, 0.25) is 0 Å². The molecule has 7 nitrogen and oxygen atoms in total. The smallest absolute Gasteiger partial charge is 0.305 e. The standard InChI is InChI=1S/C22H26N2O5/c1-14-9-15-5-3-4-6-19(15)23(14)13-20-18(7-8-29-20)22(27)24-12-17(28-2)10-16(24)11-21(25)26/h3-8,14,16-17H,9-13H2,1-2H3,(H,25,26). The average molecular weight is 398 g/mol. The SMILES string of the molecule is COC1CC(CC(=O)O)N(C(=O)c2ccoc2CN2c3ccccc3CC2C)C1. The highest BCUT2D eigenvalue weighted by molar-refractivity contribution is 5.96. The Bertz CT molecular complexity index is 908. The molecule has 3 atom stereocenters. The third kappa shape index (κ3) is 3.74. The Hall–Kier alpha value is -2.80. The van der Waals surface area contributed by atoms with Crippen LogP contribution in [-0.4, -0.2) is 53.7 Å². The van der Waals surface area contributed by atoms with Crippen LogP contribution in [0.4, 0.5) is 5.69 Å². The van der Waals surface area contributed by atoms with Crippen LogP contribution in [0, 0.1) is 0 Å². The van der Waals surface area contributed by atoms with E-state index in [0.29, 0.717) is 36.9 Å². The first kappa shape index (κ1) is 19.5. The van der Waals surface area contributed by atoms with Crippen molar-refractivity contribution in [3.63, 3.8) is 0 Å². The normalized spacial score (nSPS) is 23.4. The molecule has 154 valence electrons. The number of fused-ring (bicyclic) bond motifs is 1. The average Bonchev–Trinajstić information content (AvgIpc) is 3.39. The zero-order valence-electron chi connectivity index (χ0n) is 16.7. The number of hydrogen-bond acceptors (Lipinski definition) is 5. The molecule has 2 aliphatic heterocycles. The maximum atomic E-state index is 13.3. The van der Waals surface area contributed by atoms with Gasteiger partial charge < -0.3 is 24.1 Å². The fourth-order valence-corrected chi connectivity index (χ4v) is 4.52. The number of carboxylic acids is 1. The number of ether oxygens (including phenoxy) is 1. The summed E-state index contributed by atoms with van der Waals surface area (Å²) in [7, 11) is 1.59. The number of methoxy groups -OCH3 is 1. The van der Waals surface area contributed by atoms with Crippen LogP contribution < -0.4 is 4.90 Å².